The Bertz CT molecular complexity index is 1490. The highest BCUT2D eigenvalue weighted by Gasteiger charge is 2.54. The molecule has 1 aromatic heterocycles. The van der Waals surface area contributed by atoms with E-state index in [1.165, 1.54) is 5.06 Å². The molecule has 0 saturated heterocycles. The largest absolute Gasteiger partial charge is 0.294 e. The van der Waals surface area contributed by atoms with E-state index in [0.717, 1.165) is 22.9 Å². The zero-order valence-corrected chi connectivity index (χ0v) is 19.7. The third kappa shape index (κ3) is 3.48. The number of para-hydroxylation sites is 1. The molecule has 1 aliphatic carbocycles. The fourth-order valence-electron chi connectivity index (χ4n) is 5.24. The molecule has 174 valence electrons. The molecular weight excluding hydrogens is 438 g/mol. The van der Waals surface area contributed by atoms with Crippen LogP contribution >= 0.6 is 0 Å². The molecule has 1 unspecified atom stereocenters. The number of nitriles is 1. The lowest BCUT2D eigenvalue weighted by Gasteiger charge is -2.53. The lowest BCUT2D eigenvalue weighted by atomic mass is 9.68. The van der Waals surface area contributed by atoms with Crippen LogP contribution in [0.25, 0.3) is 16.5 Å². The van der Waals surface area contributed by atoms with Gasteiger partial charge >= 0.3 is 0 Å². The van der Waals surface area contributed by atoms with E-state index in [2.05, 4.69) is 4.98 Å². The van der Waals surface area contributed by atoms with Gasteiger partial charge in [0, 0.05) is 28.5 Å². The van der Waals surface area contributed by atoms with Crippen LogP contribution < -0.4 is 0 Å². The molecule has 6 nitrogen and oxygen atoms in total. The van der Waals surface area contributed by atoms with E-state index in [4.69, 9.17) is 0 Å². The van der Waals surface area contributed by atoms with Crippen LogP contribution in [0, 0.1) is 11.3 Å². The summed E-state index contributed by atoms with van der Waals surface area (Å²) in [4.78, 5) is 30.8. The van der Waals surface area contributed by atoms with Gasteiger partial charge in [-0.25, -0.2) is 10.0 Å². The van der Waals surface area contributed by atoms with Crippen LogP contribution in [0.3, 0.4) is 0 Å². The van der Waals surface area contributed by atoms with Crippen LogP contribution in [0.1, 0.15) is 71.5 Å². The van der Waals surface area contributed by atoms with Crippen molar-refractivity contribution in [3.05, 3.63) is 94.3 Å². The number of benzene rings is 2. The number of nitrogens with zero attached hydrogens (tertiary/aromatic N) is 3. The lowest BCUT2D eigenvalue weighted by Crippen LogP contribution is -2.58. The summed E-state index contributed by atoms with van der Waals surface area (Å²) < 4.78 is 0. The Balaban J connectivity index is 1.39. The van der Waals surface area contributed by atoms with Gasteiger partial charge in [-0.3, -0.25) is 14.8 Å². The molecule has 2 aliphatic rings. The molecule has 0 fully saturated rings. The lowest BCUT2D eigenvalue weighted by molar-refractivity contribution is -0.148. The van der Waals surface area contributed by atoms with E-state index in [1.54, 1.807) is 18.2 Å². The highest BCUT2D eigenvalue weighted by Crippen LogP contribution is 2.52. The maximum Gasteiger partial charge on any atom is 0.194 e. The molecule has 2 heterocycles. The second-order valence-corrected chi connectivity index (χ2v) is 9.17. The second-order valence-electron chi connectivity index (χ2n) is 9.17. The van der Waals surface area contributed by atoms with Crippen molar-refractivity contribution in [1.82, 2.24) is 10.0 Å². The van der Waals surface area contributed by atoms with Crippen molar-refractivity contribution in [2.24, 2.45) is 0 Å². The first-order chi connectivity index (χ1) is 16.9. The number of carbonyl (C=O) groups excluding carboxylic acids is 2. The van der Waals surface area contributed by atoms with E-state index < -0.39 is 5.54 Å². The van der Waals surface area contributed by atoms with Crippen LogP contribution in [0.4, 0.5) is 0 Å². The van der Waals surface area contributed by atoms with Gasteiger partial charge in [-0.05, 0) is 49.9 Å². The molecule has 2 aromatic carbocycles. The van der Waals surface area contributed by atoms with E-state index in [-0.39, 0.29) is 23.7 Å². The van der Waals surface area contributed by atoms with Gasteiger partial charge in [0.2, 0.25) is 0 Å². The topological polar surface area (TPSA) is 94.3 Å². The second kappa shape index (κ2) is 8.61. The van der Waals surface area contributed by atoms with Crippen molar-refractivity contribution in [2.45, 2.75) is 45.1 Å². The number of hydrogen-bond donors (Lipinski definition) is 1. The number of hydroxylamine groups is 2. The molecule has 5 rings (SSSR count). The quantitative estimate of drug-likeness (QED) is 0.460. The molecule has 1 N–H and O–H groups in total. The first kappa shape index (κ1) is 22.7. The number of fused-ring (bicyclic) bond motifs is 2. The fourth-order valence-corrected chi connectivity index (χ4v) is 5.24. The van der Waals surface area contributed by atoms with E-state index >= 15 is 0 Å². The molecule has 1 atom stereocenters. The number of Topliss-reactive ketones (excluding diaryl/α,β-unsaturated/α-hetero) is 2. The molecule has 3 aromatic rings. The number of allylic oxidation sites excluding steroid dienone is 2. The summed E-state index contributed by atoms with van der Waals surface area (Å²) in [5.41, 5.74) is 3.96. The molecule has 0 saturated carbocycles. The summed E-state index contributed by atoms with van der Waals surface area (Å²) in [5, 5.41) is 22.2. The fraction of sp³-hybridized carbons (Fsp3) is 0.241. The molecule has 1 aliphatic heterocycles. The van der Waals surface area contributed by atoms with Crippen LogP contribution in [0.2, 0.25) is 0 Å². The van der Waals surface area contributed by atoms with Crippen molar-refractivity contribution in [1.29, 1.82) is 5.26 Å². The van der Waals surface area contributed by atoms with E-state index in [1.807, 2.05) is 62.4 Å². The maximum absolute atomic E-state index is 13.4. The van der Waals surface area contributed by atoms with Crippen molar-refractivity contribution in [3.63, 3.8) is 0 Å². The summed E-state index contributed by atoms with van der Waals surface area (Å²) in [6.07, 6.45) is 3.99. The monoisotopic (exact) mass is 463 g/mol. The number of carbonyl (C=O) groups is 2. The normalized spacial score (nSPS) is 19.9. The third-order valence-electron chi connectivity index (χ3n) is 7.01. The summed E-state index contributed by atoms with van der Waals surface area (Å²) in [5.74, 6) is -0.142. The Hall–Kier alpha value is -4.08. The third-order valence-corrected chi connectivity index (χ3v) is 7.01. The van der Waals surface area contributed by atoms with Crippen LogP contribution in [0.5, 0.6) is 0 Å². The van der Waals surface area contributed by atoms with Gasteiger partial charge in [-0.15, -0.1) is 0 Å². The van der Waals surface area contributed by atoms with Crippen LogP contribution in [-0.2, 0) is 0 Å². The number of aromatic nitrogens is 1. The highest BCUT2D eigenvalue weighted by molar-refractivity contribution is 6.20. The van der Waals surface area contributed by atoms with Gasteiger partial charge in [-0.2, -0.15) is 5.26 Å². The maximum atomic E-state index is 13.4. The van der Waals surface area contributed by atoms with Crippen LogP contribution in [-0.4, -0.2) is 32.4 Å². The molecule has 0 amide bonds. The van der Waals surface area contributed by atoms with Gasteiger partial charge in [0.25, 0.3) is 0 Å². The number of hydrogen-bond acceptors (Lipinski definition) is 6. The van der Waals surface area contributed by atoms with Crippen molar-refractivity contribution < 1.29 is 14.8 Å². The van der Waals surface area contributed by atoms with Gasteiger partial charge in [0.1, 0.15) is 11.8 Å². The average molecular weight is 464 g/mol. The van der Waals surface area contributed by atoms with Gasteiger partial charge in [0.05, 0.1) is 22.3 Å². The number of pyridine rings is 1. The smallest absolute Gasteiger partial charge is 0.194 e. The first-order valence-electron chi connectivity index (χ1n) is 11.8. The molecule has 0 bridgehead atoms. The Morgan fingerprint density at radius 3 is 2.66 bits per heavy atom. The first-order valence-corrected chi connectivity index (χ1v) is 11.8. The zero-order chi connectivity index (χ0) is 24.7. The van der Waals surface area contributed by atoms with Crippen molar-refractivity contribution >= 4 is 28.0 Å². The highest BCUT2D eigenvalue weighted by atomic mass is 16.5. The standard InChI is InChI=1S/C29H25N3O3/c1-3-8-21-20-10-4-5-11-22(20)28(34)25-27(21)32(35)29(25,2)16-7-13-24(33)23-12-6-9-18-14-15-19(17-30)31-26(18)23/h4-6,8-12,14-15,35H,3,7,13,16H2,1-2H3. The van der Waals surface area contributed by atoms with Gasteiger partial charge in [0.15, 0.2) is 11.6 Å². The Labute approximate surface area is 203 Å². The Morgan fingerprint density at radius 1 is 1.14 bits per heavy atom. The molecule has 0 radical (unpaired) electrons. The van der Waals surface area contributed by atoms with Crippen molar-refractivity contribution in [3.8, 4) is 6.07 Å². The SMILES string of the molecule is CCC=C1C2=C(C(=O)c3ccccc31)C(C)(CCCC(=O)c1cccc3ccc(C#N)nc13)N2O. The predicted octanol–water partition coefficient (Wildman–Crippen LogP) is 5.87. The van der Waals surface area contributed by atoms with E-state index in [0.29, 0.717) is 40.8 Å². The molecular formula is C29H25N3O3. The molecule has 6 heteroatoms. The number of rotatable bonds is 6. The predicted molar refractivity (Wildman–Crippen MR) is 133 cm³/mol. The van der Waals surface area contributed by atoms with Crippen LogP contribution in [0.15, 0.2) is 71.9 Å². The minimum atomic E-state index is -0.863. The van der Waals surface area contributed by atoms with Crippen molar-refractivity contribution in [2.75, 3.05) is 0 Å². The summed E-state index contributed by atoms with van der Waals surface area (Å²) in [7, 11) is 0. The zero-order valence-electron chi connectivity index (χ0n) is 19.7. The molecule has 35 heavy (non-hydrogen) atoms. The summed E-state index contributed by atoms with van der Waals surface area (Å²) in [6, 6.07) is 18.3. The summed E-state index contributed by atoms with van der Waals surface area (Å²) >= 11 is 0. The average Bonchev–Trinajstić information content (AvgIpc) is 2.88. The van der Waals surface area contributed by atoms with E-state index in [9.17, 15) is 20.1 Å². The Kier molecular flexibility index (Phi) is 5.58. The minimum Gasteiger partial charge on any atom is -0.294 e. The van der Waals surface area contributed by atoms with Gasteiger partial charge < -0.3 is 0 Å². The van der Waals surface area contributed by atoms with Gasteiger partial charge in [-0.1, -0.05) is 49.4 Å². The minimum absolute atomic E-state index is 0.0646. The Morgan fingerprint density at radius 2 is 1.91 bits per heavy atom. The summed E-state index contributed by atoms with van der Waals surface area (Å²) in [6.45, 7) is 3.88. The number of ketones is 2. The molecule has 0 spiro atoms.